The largest absolute Gasteiger partial charge is 0.497 e. The van der Waals surface area contributed by atoms with Crippen molar-refractivity contribution in [2.45, 2.75) is 139 Å². The van der Waals surface area contributed by atoms with E-state index in [0.717, 1.165) is 44.9 Å². The van der Waals surface area contributed by atoms with Crippen molar-refractivity contribution < 1.29 is 41.8 Å². The molecule has 1 aromatic carbocycles. The zero-order valence-corrected chi connectivity index (χ0v) is 34.2. The van der Waals surface area contributed by atoms with Gasteiger partial charge in [-0.2, -0.15) is 0 Å². The number of hydrogen-bond donors (Lipinski definition) is 3. The molecule has 0 spiro atoms. The summed E-state index contributed by atoms with van der Waals surface area (Å²) < 4.78 is 46.0. The van der Waals surface area contributed by atoms with Crippen LogP contribution >= 0.6 is 0 Å². The van der Waals surface area contributed by atoms with E-state index in [2.05, 4.69) is 21.9 Å². The number of amides is 4. The maximum atomic E-state index is 14.8. The summed E-state index contributed by atoms with van der Waals surface area (Å²) in [5, 5.41) is 5.10. The van der Waals surface area contributed by atoms with Crippen molar-refractivity contribution in [1.82, 2.24) is 30.2 Å². The summed E-state index contributed by atoms with van der Waals surface area (Å²) in [6, 6.07) is 3.21. The van der Waals surface area contributed by atoms with Crippen LogP contribution in [0, 0.1) is 17.3 Å². The summed E-state index contributed by atoms with van der Waals surface area (Å²) in [5.74, 6) is -1.41. The highest BCUT2D eigenvalue weighted by molar-refractivity contribution is 7.91. The summed E-state index contributed by atoms with van der Waals surface area (Å²) in [5.41, 5.74) is -0.479. The Hall–Kier alpha value is -4.47. The van der Waals surface area contributed by atoms with Crippen LogP contribution in [0.3, 0.4) is 0 Å². The molecule has 1 saturated heterocycles. The van der Waals surface area contributed by atoms with Gasteiger partial charge in [-0.15, -0.1) is 6.58 Å². The van der Waals surface area contributed by atoms with E-state index in [-0.39, 0.29) is 31.4 Å². The Balaban J connectivity index is 1.24. The Morgan fingerprint density at radius 3 is 2.47 bits per heavy atom. The zero-order chi connectivity index (χ0) is 40.7. The van der Waals surface area contributed by atoms with Crippen LogP contribution < -0.4 is 24.8 Å². The SMILES string of the molecule is C=CC1CCC1(NC(=O)C1CC2CN1C(=O)C(C(C)(C)C)NC(=O)OC1CCCC1CCCCCc1nc3ccc(OC)cc3nc1O2)C(=O)NS(=O)(=O)C1CC1. The third kappa shape index (κ3) is 8.56. The van der Waals surface area contributed by atoms with E-state index in [4.69, 9.17) is 24.2 Å². The number of alkyl carbamates (subject to hydrolysis) is 1. The van der Waals surface area contributed by atoms with E-state index < -0.39 is 74.1 Å². The van der Waals surface area contributed by atoms with Crippen molar-refractivity contribution in [3.63, 3.8) is 0 Å². The van der Waals surface area contributed by atoms with Crippen LogP contribution in [0.2, 0.25) is 0 Å². The highest BCUT2D eigenvalue weighted by Crippen LogP contribution is 2.41. The number of methoxy groups -OCH3 is 1. The average molecular weight is 809 g/mol. The minimum atomic E-state index is -3.92. The van der Waals surface area contributed by atoms with Crippen molar-refractivity contribution in [3.05, 3.63) is 36.5 Å². The molecule has 2 aromatic rings. The fraction of sp³-hybridized carbons (Fsp3) is 0.659. The Kier molecular flexibility index (Phi) is 11.5. The fourth-order valence-electron chi connectivity index (χ4n) is 8.84. The lowest BCUT2D eigenvalue weighted by Gasteiger charge is -2.47. The molecule has 4 amide bonds. The van der Waals surface area contributed by atoms with Gasteiger partial charge in [-0.05, 0) is 87.7 Å². The number of carbonyl (C=O) groups is 4. The lowest BCUT2D eigenvalue weighted by atomic mass is 9.66. The van der Waals surface area contributed by atoms with Gasteiger partial charge in [0.2, 0.25) is 27.7 Å². The molecule has 5 aliphatic rings. The van der Waals surface area contributed by atoms with E-state index in [9.17, 15) is 27.6 Å². The van der Waals surface area contributed by atoms with Gasteiger partial charge in [0, 0.05) is 18.4 Å². The van der Waals surface area contributed by atoms with Crippen molar-refractivity contribution in [1.29, 1.82) is 0 Å². The number of aromatic nitrogens is 2. The number of sulfonamides is 1. The van der Waals surface area contributed by atoms with E-state index in [1.54, 1.807) is 19.3 Å². The highest BCUT2D eigenvalue weighted by Gasteiger charge is 2.56. The van der Waals surface area contributed by atoms with Crippen molar-refractivity contribution in [3.8, 4) is 11.6 Å². The van der Waals surface area contributed by atoms with Gasteiger partial charge in [-0.3, -0.25) is 19.1 Å². The molecular weight excluding hydrogens is 753 g/mol. The number of hydrogen-bond acceptors (Lipinski definition) is 11. The van der Waals surface area contributed by atoms with Gasteiger partial charge in [0.1, 0.15) is 41.3 Å². The molecule has 2 aliphatic heterocycles. The van der Waals surface area contributed by atoms with Crippen molar-refractivity contribution in [2.75, 3.05) is 13.7 Å². The Morgan fingerprint density at radius 2 is 1.79 bits per heavy atom. The monoisotopic (exact) mass is 808 g/mol. The Bertz CT molecular complexity index is 2020. The molecule has 4 fully saturated rings. The van der Waals surface area contributed by atoms with Gasteiger partial charge in [-0.1, -0.05) is 39.7 Å². The first-order chi connectivity index (χ1) is 27.1. The Labute approximate surface area is 334 Å². The van der Waals surface area contributed by atoms with Crippen LogP contribution in [0.4, 0.5) is 4.79 Å². The molecule has 3 heterocycles. The van der Waals surface area contributed by atoms with Gasteiger partial charge in [0.25, 0.3) is 5.91 Å². The summed E-state index contributed by atoms with van der Waals surface area (Å²) >= 11 is 0. The number of aryl methyl sites for hydroxylation is 1. The molecule has 0 radical (unpaired) electrons. The minimum Gasteiger partial charge on any atom is -0.497 e. The molecular formula is C41H56N6O9S. The first-order valence-electron chi connectivity index (χ1n) is 20.4. The van der Waals surface area contributed by atoms with Gasteiger partial charge in [0.15, 0.2) is 0 Å². The normalized spacial score (nSPS) is 29.9. The maximum Gasteiger partial charge on any atom is 0.408 e. The number of nitrogens with one attached hydrogen (secondary N) is 3. The second kappa shape index (κ2) is 16.1. The molecule has 3 aliphatic carbocycles. The molecule has 7 atom stereocenters. The van der Waals surface area contributed by atoms with Gasteiger partial charge < -0.3 is 29.7 Å². The number of benzene rings is 1. The maximum absolute atomic E-state index is 14.8. The summed E-state index contributed by atoms with van der Waals surface area (Å²) in [7, 11) is -2.35. The van der Waals surface area contributed by atoms with Gasteiger partial charge in [0.05, 0.1) is 29.9 Å². The smallest absolute Gasteiger partial charge is 0.408 e. The van der Waals surface area contributed by atoms with Crippen molar-refractivity contribution in [2.24, 2.45) is 17.3 Å². The third-order valence-electron chi connectivity index (χ3n) is 12.5. The van der Waals surface area contributed by atoms with Gasteiger partial charge in [-0.25, -0.2) is 23.2 Å². The molecule has 1 aromatic heterocycles. The summed E-state index contributed by atoms with van der Waals surface area (Å²) in [4.78, 5) is 68.0. The number of ether oxygens (including phenoxy) is 3. The van der Waals surface area contributed by atoms with Crippen LogP contribution in [0.5, 0.6) is 11.6 Å². The minimum absolute atomic E-state index is 0.0245. The summed E-state index contributed by atoms with van der Waals surface area (Å²) in [6.45, 7) is 9.30. The number of rotatable bonds is 7. The molecule has 7 rings (SSSR count). The van der Waals surface area contributed by atoms with Crippen LogP contribution in [-0.4, -0.2) is 95.8 Å². The quantitative estimate of drug-likeness (QED) is 0.334. The Morgan fingerprint density at radius 1 is 1.02 bits per heavy atom. The molecule has 310 valence electrons. The molecule has 3 saturated carbocycles. The van der Waals surface area contributed by atoms with Gasteiger partial charge >= 0.3 is 6.09 Å². The molecule has 57 heavy (non-hydrogen) atoms. The molecule has 16 heteroatoms. The average Bonchev–Trinajstić information content (AvgIpc) is 3.81. The molecule has 3 N–H and O–H groups in total. The molecule has 15 nitrogen and oxygen atoms in total. The zero-order valence-electron chi connectivity index (χ0n) is 33.4. The highest BCUT2D eigenvalue weighted by atomic mass is 32.2. The standard InChI is InChI=1S/C41H56N6O9S/c1-6-25-19-20-41(25,38(50)46-57(52,53)28-16-17-28)45-35(48)32-22-27-23-47(32)37(49)34(40(2,3)4)44-39(51)56-33-14-10-12-24(33)11-8-7-9-13-30-36(55-27)43-31-21-26(54-5)15-18-29(31)42-30/h6,15,18,21,24-25,27-28,32-34H,1,7-14,16-17,19-20,22-23H2,2-5H3,(H,44,51)(H,45,48)(H,46,50). The molecule has 7 unspecified atom stereocenters. The number of carbonyl (C=O) groups excluding carboxylic acids is 4. The van der Waals surface area contributed by atoms with Crippen LogP contribution in [0.15, 0.2) is 30.9 Å². The number of fused-ring (bicyclic) bond motifs is 5. The predicted molar refractivity (Wildman–Crippen MR) is 211 cm³/mol. The first-order valence-corrected chi connectivity index (χ1v) is 22.0. The van der Waals surface area contributed by atoms with E-state index >= 15 is 0 Å². The first kappa shape index (κ1) is 40.7. The second-order valence-electron chi connectivity index (χ2n) is 17.5. The summed E-state index contributed by atoms with van der Waals surface area (Å²) in [6.07, 6.45) is 8.38. The topological polar surface area (TPSA) is 195 Å². The van der Waals surface area contributed by atoms with Crippen LogP contribution in [0.25, 0.3) is 11.0 Å². The third-order valence-corrected chi connectivity index (χ3v) is 14.3. The lowest BCUT2D eigenvalue weighted by Crippen LogP contribution is -2.70. The van der Waals surface area contributed by atoms with E-state index in [0.29, 0.717) is 54.0 Å². The van der Waals surface area contributed by atoms with Crippen molar-refractivity contribution >= 4 is 44.9 Å². The van der Waals surface area contributed by atoms with E-state index in [1.165, 1.54) is 4.90 Å². The van der Waals surface area contributed by atoms with Crippen LogP contribution in [0.1, 0.15) is 104 Å². The van der Waals surface area contributed by atoms with Crippen LogP contribution in [-0.2, 0) is 35.6 Å². The second-order valence-corrected chi connectivity index (χ2v) is 19.5. The molecule has 2 bridgehead atoms. The fourth-order valence-corrected chi connectivity index (χ4v) is 10.2. The lowest BCUT2D eigenvalue weighted by molar-refractivity contribution is -0.145. The van der Waals surface area contributed by atoms with E-state index in [1.807, 2.05) is 32.9 Å². The number of nitrogens with zero attached hydrogens (tertiary/aromatic N) is 3. The predicted octanol–water partition coefficient (Wildman–Crippen LogP) is 4.47.